The number of hydrogen-bond donors (Lipinski definition) is 0. The van der Waals surface area contributed by atoms with E-state index in [1.165, 1.54) is 70.4 Å². The standard InChI is InChI=1S/C19H30N2O/c1-20-12-14-21(15-13-20)11-5-7-16-6-3-9-18-17(16)8-4-10-19(18)22-2/h4,8,10,16H,3,5-7,9,11-15H2,1-2H3. The van der Waals surface area contributed by atoms with Crippen molar-refractivity contribution in [1.82, 2.24) is 9.80 Å². The highest BCUT2D eigenvalue weighted by molar-refractivity contribution is 5.43. The zero-order valence-corrected chi connectivity index (χ0v) is 14.2. The van der Waals surface area contributed by atoms with Crippen LogP contribution in [0.3, 0.4) is 0 Å². The summed E-state index contributed by atoms with van der Waals surface area (Å²) in [4.78, 5) is 5.06. The van der Waals surface area contributed by atoms with Crippen molar-refractivity contribution in [2.75, 3.05) is 46.9 Å². The predicted molar refractivity (Wildman–Crippen MR) is 91.8 cm³/mol. The molecule has 1 atom stereocenters. The number of nitrogens with zero attached hydrogens (tertiary/aromatic N) is 2. The van der Waals surface area contributed by atoms with Crippen molar-refractivity contribution >= 4 is 0 Å². The molecule has 0 aromatic heterocycles. The van der Waals surface area contributed by atoms with Crippen molar-refractivity contribution in [1.29, 1.82) is 0 Å². The summed E-state index contributed by atoms with van der Waals surface area (Å²) < 4.78 is 5.56. The molecule has 3 heteroatoms. The third-order valence-corrected chi connectivity index (χ3v) is 5.43. The zero-order valence-electron chi connectivity index (χ0n) is 14.2. The molecule has 1 aliphatic heterocycles. The van der Waals surface area contributed by atoms with Gasteiger partial charge in [0, 0.05) is 26.2 Å². The second-order valence-corrected chi connectivity index (χ2v) is 6.90. The molecule has 1 fully saturated rings. The summed E-state index contributed by atoms with van der Waals surface area (Å²) in [7, 11) is 4.02. The van der Waals surface area contributed by atoms with Gasteiger partial charge >= 0.3 is 0 Å². The van der Waals surface area contributed by atoms with Gasteiger partial charge in [0.2, 0.25) is 0 Å². The Morgan fingerprint density at radius 2 is 2.00 bits per heavy atom. The average molecular weight is 302 g/mol. The van der Waals surface area contributed by atoms with Crippen LogP contribution in [0.2, 0.25) is 0 Å². The molecule has 0 radical (unpaired) electrons. The summed E-state index contributed by atoms with van der Waals surface area (Å²) in [5.41, 5.74) is 3.03. The van der Waals surface area contributed by atoms with Crippen LogP contribution in [-0.2, 0) is 6.42 Å². The number of hydrogen-bond acceptors (Lipinski definition) is 3. The van der Waals surface area contributed by atoms with Crippen LogP contribution in [-0.4, -0.2) is 56.7 Å². The van der Waals surface area contributed by atoms with E-state index in [4.69, 9.17) is 4.74 Å². The van der Waals surface area contributed by atoms with E-state index in [1.807, 2.05) is 0 Å². The molecule has 22 heavy (non-hydrogen) atoms. The van der Waals surface area contributed by atoms with Gasteiger partial charge in [-0.3, -0.25) is 0 Å². The molecule has 1 saturated heterocycles. The van der Waals surface area contributed by atoms with E-state index in [9.17, 15) is 0 Å². The number of fused-ring (bicyclic) bond motifs is 1. The van der Waals surface area contributed by atoms with Crippen LogP contribution in [0.1, 0.15) is 42.7 Å². The number of rotatable bonds is 5. The zero-order chi connectivity index (χ0) is 15.4. The van der Waals surface area contributed by atoms with Crippen molar-refractivity contribution in [3.8, 4) is 5.75 Å². The van der Waals surface area contributed by atoms with Gasteiger partial charge in [0.15, 0.2) is 0 Å². The number of benzene rings is 1. The summed E-state index contributed by atoms with van der Waals surface area (Å²) in [5, 5.41) is 0. The van der Waals surface area contributed by atoms with Crippen LogP contribution in [0, 0.1) is 0 Å². The molecule has 1 aliphatic carbocycles. The van der Waals surface area contributed by atoms with E-state index in [1.54, 1.807) is 12.7 Å². The quantitative estimate of drug-likeness (QED) is 0.831. The monoisotopic (exact) mass is 302 g/mol. The van der Waals surface area contributed by atoms with Gasteiger partial charge in [-0.05, 0) is 68.8 Å². The van der Waals surface area contributed by atoms with Crippen LogP contribution in [0.5, 0.6) is 5.75 Å². The van der Waals surface area contributed by atoms with Crippen molar-refractivity contribution in [3.05, 3.63) is 29.3 Å². The topological polar surface area (TPSA) is 15.7 Å². The Morgan fingerprint density at radius 1 is 1.18 bits per heavy atom. The van der Waals surface area contributed by atoms with Gasteiger partial charge in [0.25, 0.3) is 0 Å². The lowest BCUT2D eigenvalue weighted by atomic mass is 9.80. The van der Waals surface area contributed by atoms with E-state index in [0.29, 0.717) is 0 Å². The van der Waals surface area contributed by atoms with Crippen molar-refractivity contribution in [2.24, 2.45) is 0 Å². The first-order valence-corrected chi connectivity index (χ1v) is 8.84. The second kappa shape index (κ2) is 7.47. The van der Waals surface area contributed by atoms with Gasteiger partial charge < -0.3 is 14.5 Å². The summed E-state index contributed by atoms with van der Waals surface area (Å²) >= 11 is 0. The summed E-state index contributed by atoms with van der Waals surface area (Å²) in [5.74, 6) is 1.84. The van der Waals surface area contributed by atoms with E-state index >= 15 is 0 Å². The van der Waals surface area contributed by atoms with Crippen LogP contribution in [0.4, 0.5) is 0 Å². The molecule has 122 valence electrons. The Morgan fingerprint density at radius 3 is 2.77 bits per heavy atom. The SMILES string of the molecule is COc1cccc2c1CCCC2CCCN1CCN(C)CC1. The molecule has 0 N–H and O–H groups in total. The van der Waals surface area contributed by atoms with Gasteiger partial charge in [0.05, 0.1) is 7.11 Å². The molecular weight excluding hydrogens is 272 g/mol. The van der Waals surface area contributed by atoms with Crippen LogP contribution < -0.4 is 4.74 Å². The lowest BCUT2D eigenvalue weighted by Crippen LogP contribution is -2.44. The summed E-state index contributed by atoms with van der Waals surface area (Å²) in [6, 6.07) is 6.61. The van der Waals surface area contributed by atoms with E-state index in [0.717, 1.165) is 11.7 Å². The minimum atomic E-state index is 0.742. The van der Waals surface area contributed by atoms with Crippen molar-refractivity contribution < 1.29 is 4.74 Å². The first kappa shape index (κ1) is 15.8. The molecular formula is C19H30N2O. The minimum absolute atomic E-state index is 0.742. The Balaban J connectivity index is 1.54. The molecule has 0 spiro atoms. The molecule has 1 heterocycles. The normalized spacial score (nSPS) is 23.3. The number of ether oxygens (including phenoxy) is 1. The molecule has 0 bridgehead atoms. The fourth-order valence-electron chi connectivity index (χ4n) is 4.04. The van der Waals surface area contributed by atoms with Gasteiger partial charge in [-0.1, -0.05) is 12.1 Å². The Kier molecular flexibility index (Phi) is 5.37. The smallest absolute Gasteiger partial charge is 0.122 e. The molecule has 0 amide bonds. The van der Waals surface area contributed by atoms with E-state index in [2.05, 4.69) is 35.0 Å². The number of likely N-dealkylation sites (N-methyl/N-ethyl adjacent to an activating group) is 1. The fourth-order valence-corrected chi connectivity index (χ4v) is 4.04. The molecule has 1 aromatic rings. The molecule has 1 unspecified atom stereocenters. The highest BCUT2D eigenvalue weighted by Crippen LogP contribution is 2.38. The average Bonchev–Trinajstić information content (AvgIpc) is 2.56. The van der Waals surface area contributed by atoms with Crippen LogP contribution in [0.25, 0.3) is 0 Å². The first-order valence-electron chi connectivity index (χ1n) is 8.84. The molecule has 3 nitrogen and oxygen atoms in total. The van der Waals surface area contributed by atoms with Crippen molar-refractivity contribution in [3.63, 3.8) is 0 Å². The first-order chi connectivity index (χ1) is 10.8. The third kappa shape index (κ3) is 3.64. The maximum atomic E-state index is 5.56. The lowest BCUT2D eigenvalue weighted by molar-refractivity contribution is 0.151. The summed E-state index contributed by atoms with van der Waals surface area (Å²) in [6.07, 6.45) is 6.50. The molecule has 2 aliphatic rings. The maximum absolute atomic E-state index is 5.56. The number of methoxy groups -OCH3 is 1. The summed E-state index contributed by atoms with van der Waals surface area (Å²) in [6.45, 7) is 6.20. The molecule has 0 saturated carbocycles. The van der Waals surface area contributed by atoms with E-state index in [-0.39, 0.29) is 0 Å². The molecule has 1 aromatic carbocycles. The maximum Gasteiger partial charge on any atom is 0.122 e. The van der Waals surface area contributed by atoms with Gasteiger partial charge in [-0.2, -0.15) is 0 Å². The predicted octanol–water partition coefficient (Wildman–Crippen LogP) is 3.14. The third-order valence-electron chi connectivity index (χ3n) is 5.43. The minimum Gasteiger partial charge on any atom is -0.496 e. The Bertz CT molecular complexity index is 480. The van der Waals surface area contributed by atoms with Crippen LogP contribution in [0.15, 0.2) is 18.2 Å². The van der Waals surface area contributed by atoms with E-state index < -0.39 is 0 Å². The Hall–Kier alpha value is -1.06. The largest absolute Gasteiger partial charge is 0.496 e. The lowest BCUT2D eigenvalue weighted by Gasteiger charge is -2.33. The number of piperazine rings is 1. The highest BCUT2D eigenvalue weighted by Gasteiger charge is 2.22. The molecule has 3 rings (SSSR count). The highest BCUT2D eigenvalue weighted by atomic mass is 16.5. The van der Waals surface area contributed by atoms with Crippen LogP contribution >= 0.6 is 0 Å². The van der Waals surface area contributed by atoms with Gasteiger partial charge in [0.1, 0.15) is 5.75 Å². The van der Waals surface area contributed by atoms with Gasteiger partial charge in [-0.15, -0.1) is 0 Å². The fraction of sp³-hybridized carbons (Fsp3) is 0.684. The van der Waals surface area contributed by atoms with Gasteiger partial charge in [-0.25, -0.2) is 0 Å². The second-order valence-electron chi connectivity index (χ2n) is 6.90. The van der Waals surface area contributed by atoms with Crippen molar-refractivity contribution in [2.45, 2.75) is 38.0 Å². The Labute approximate surface area is 135 Å².